The van der Waals surface area contributed by atoms with Gasteiger partial charge in [0.2, 0.25) is 0 Å². The lowest BCUT2D eigenvalue weighted by Crippen LogP contribution is -2.03. The monoisotopic (exact) mass is 188 g/mol. The van der Waals surface area contributed by atoms with Crippen molar-refractivity contribution >= 4 is 11.8 Å². The van der Waals surface area contributed by atoms with Gasteiger partial charge in [-0.25, -0.2) is 18.6 Å². The molecule has 0 fully saturated rings. The first-order valence-electron chi connectivity index (χ1n) is 3.29. The number of nitrogen functional groups attached to an aromatic ring is 1. The van der Waals surface area contributed by atoms with Gasteiger partial charge in [-0.05, 0) is 6.07 Å². The molecule has 0 aliphatic rings. The van der Waals surface area contributed by atoms with Gasteiger partial charge in [-0.1, -0.05) is 0 Å². The highest BCUT2D eigenvalue weighted by molar-refractivity contribution is 5.87. The second-order valence-corrected chi connectivity index (χ2v) is 2.30. The van der Waals surface area contributed by atoms with E-state index in [-0.39, 0.29) is 11.4 Å². The summed E-state index contributed by atoms with van der Waals surface area (Å²) in [6.45, 7) is 0. The predicted molar refractivity (Wildman–Crippen MR) is 40.6 cm³/mol. The maximum atomic E-state index is 12.2. The first-order valence-corrected chi connectivity index (χ1v) is 3.29. The molecule has 0 unspecified atom stereocenters. The van der Waals surface area contributed by atoms with Crippen LogP contribution >= 0.6 is 0 Å². The van der Waals surface area contributed by atoms with Crippen LogP contribution in [0, 0.1) is 0 Å². The van der Waals surface area contributed by atoms with Gasteiger partial charge in [0.25, 0.3) is 6.43 Å². The zero-order valence-corrected chi connectivity index (χ0v) is 6.37. The van der Waals surface area contributed by atoms with Crippen molar-refractivity contribution in [3.8, 4) is 0 Å². The third-order valence-corrected chi connectivity index (χ3v) is 1.43. The number of nitrogens with zero attached hydrogens (tertiary/aromatic N) is 1. The second-order valence-electron chi connectivity index (χ2n) is 2.30. The maximum Gasteiger partial charge on any atom is 0.337 e. The van der Waals surface area contributed by atoms with Gasteiger partial charge in [-0.2, -0.15) is 0 Å². The molecule has 1 rings (SSSR count). The van der Waals surface area contributed by atoms with Gasteiger partial charge in [-0.3, -0.25) is 0 Å². The number of aromatic carboxylic acids is 1. The molecular formula is C7H6F2N2O2. The van der Waals surface area contributed by atoms with Gasteiger partial charge in [0.05, 0.1) is 11.1 Å². The topological polar surface area (TPSA) is 76.2 Å². The van der Waals surface area contributed by atoms with Gasteiger partial charge < -0.3 is 10.8 Å². The summed E-state index contributed by atoms with van der Waals surface area (Å²) in [5.74, 6) is -1.66. The predicted octanol–water partition coefficient (Wildman–Crippen LogP) is 1.30. The Morgan fingerprint density at radius 3 is 2.69 bits per heavy atom. The van der Waals surface area contributed by atoms with Crippen LogP contribution < -0.4 is 5.73 Å². The van der Waals surface area contributed by atoms with E-state index < -0.39 is 18.0 Å². The van der Waals surface area contributed by atoms with Crippen molar-refractivity contribution in [2.24, 2.45) is 0 Å². The van der Waals surface area contributed by atoms with Gasteiger partial charge in [0, 0.05) is 6.20 Å². The summed E-state index contributed by atoms with van der Waals surface area (Å²) in [6, 6.07) is 0.815. The number of carbonyl (C=O) groups is 1. The molecule has 3 N–H and O–H groups in total. The molecule has 0 aromatic carbocycles. The smallest absolute Gasteiger partial charge is 0.337 e. The third kappa shape index (κ3) is 1.90. The fraction of sp³-hybridized carbons (Fsp3) is 0.143. The molecule has 1 aromatic heterocycles. The van der Waals surface area contributed by atoms with Gasteiger partial charge in [0.1, 0.15) is 5.82 Å². The van der Waals surface area contributed by atoms with Crippen LogP contribution in [0.4, 0.5) is 14.6 Å². The number of hydrogen-bond donors (Lipinski definition) is 2. The number of carboxylic acid groups (broad SMARTS) is 1. The van der Waals surface area contributed by atoms with Crippen LogP contribution in [0.1, 0.15) is 22.3 Å². The van der Waals surface area contributed by atoms with E-state index in [0.717, 1.165) is 12.3 Å². The summed E-state index contributed by atoms with van der Waals surface area (Å²) < 4.78 is 24.3. The van der Waals surface area contributed by atoms with Crippen LogP contribution in [0.2, 0.25) is 0 Å². The number of hydrogen-bond acceptors (Lipinski definition) is 3. The van der Waals surface area contributed by atoms with E-state index in [1.54, 1.807) is 0 Å². The SMILES string of the molecule is Nc1ncc(C(=O)O)cc1C(F)F. The summed E-state index contributed by atoms with van der Waals surface area (Å²) >= 11 is 0. The minimum atomic E-state index is -2.81. The van der Waals surface area contributed by atoms with Crippen LogP contribution in [0.15, 0.2) is 12.3 Å². The molecule has 1 heterocycles. The van der Waals surface area contributed by atoms with Crippen LogP contribution in [0.25, 0.3) is 0 Å². The molecular weight excluding hydrogens is 182 g/mol. The normalized spacial score (nSPS) is 10.4. The second kappa shape index (κ2) is 3.34. The molecule has 13 heavy (non-hydrogen) atoms. The lowest BCUT2D eigenvalue weighted by atomic mass is 10.2. The first kappa shape index (κ1) is 9.37. The third-order valence-electron chi connectivity index (χ3n) is 1.43. The number of aromatic nitrogens is 1. The molecule has 0 saturated carbocycles. The molecule has 70 valence electrons. The van der Waals surface area contributed by atoms with Crippen LogP contribution in [0.5, 0.6) is 0 Å². The molecule has 0 saturated heterocycles. The van der Waals surface area contributed by atoms with Crippen molar-refractivity contribution in [1.29, 1.82) is 0 Å². The fourth-order valence-corrected chi connectivity index (χ4v) is 0.784. The van der Waals surface area contributed by atoms with Crippen molar-refractivity contribution in [3.05, 3.63) is 23.4 Å². The highest BCUT2D eigenvalue weighted by Crippen LogP contribution is 2.23. The number of rotatable bonds is 2. The quantitative estimate of drug-likeness (QED) is 0.733. The minimum Gasteiger partial charge on any atom is -0.478 e. The zero-order chi connectivity index (χ0) is 10.0. The first-order chi connectivity index (χ1) is 6.02. The Bertz CT molecular complexity index is 341. The van der Waals surface area contributed by atoms with Crippen molar-refractivity contribution in [3.63, 3.8) is 0 Å². The van der Waals surface area contributed by atoms with Crippen molar-refractivity contribution in [2.75, 3.05) is 5.73 Å². The summed E-state index contributed by atoms with van der Waals surface area (Å²) in [5.41, 5.74) is 4.25. The number of pyridine rings is 1. The highest BCUT2D eigenvalue weighted by Gasteiger charge is 2.15. The number of nitrogens with two attached hydrogens (primary N) is 1. The minimum absolute atomic E-state index is 0.301. The summed E-state index contributed by atoms with van der Waals surface area (Å²) in [5, 5.41) is 8.46. The van der Waals surface area contributed by atoms with E-state index in [4.69, 9.17) is 10.8 Å². The van der Waals surface area contributed by atoms with E-state index in [1.807, 2.05) is 0 Å². The van der Waals surface area contributed by atoms with Crippen molar-refractivity contribution in [2.45, 2.75) is 6.43 Å². The van der Waals surface area contributed by atoms with Crippen molar-refractivity contribution in [1.82, 2.24) is 4.98 Å². The van der Waals surface area contributed by atoms with E-state index in [2.05, 4.69) is 4.98 Å². The van der Waals surface area contributed by atoms with Gasteiger partial charge >= 0.3 is 5.97 Å². The van der Waals surface area contributed by atoms with Crippen LogP contribution in [-0.2, 0) is 0 Å². The number of halogens is 2. The van der Waals surface area contributed by atoms with Gasteiger partial charge in [-0.15, -0.1) is 0 Å². The molecule has 6 heteroatoms. The number of alkyl halides is 2. The average molecular weight is 188 g/mol. The van der Waals surface area contributed by atoms with E-state index in [9.17, 15) is 13.6 Å². The molecule has 0 atom stereocenters. The molecule has 0 radical (unpaired) electrons. The Morgan fingerprint density at radius 1 is 1.62 bits per heavy atom. The number of carboxylic acids is 1. The highest BCUT2D eigenvalue weighted by atomic mass is 19.3. The molecule has 0 bridgehead atoms. The average Bonchev–Trinajstić information content (AvgIpc) is 2.04. The molecule has 4 nitrogen and oxygen atoms in total. The Hall–Kier alpha value is -1.72. The molecule has 1 aromatic rings. The largest absolute Gasteiger partial charge is 0.478 e. The Kier molecular flexibility index (Phi) is 2.41. The van der Waals surface area contributed by atoms with Crippen LogP contribution in [0.3, 0.4) is 0 Å². The zero-order valence-electron chi connectivity index (χ0n) is 6.37. The number of anilines is 1. The van der Waals surface area contributed by atoms with E-state index in [1.165, 1.54) is 0 Å². The Morgan fingerprint density at radius 2 is 2.23 bits per heavy atom. The summed E-state index contributed by atoms with van der Waals surface area (Å²) in [6.07, 6.45) is -1.88. The molecule has 0 amide bonds. The van der Waals surface area contributed by atoms with Crippen LogP contribution in [-0.4, -0.2) is 16.1 Å². The molecule has 0 aliphatic heterocycles. The molecule has 0 spiro atoms. The summed E-state index contributed by atoms with van der Waals surface area (Å²) in [7, 11) is 0. The summed E-state index contributed by atoms with van der Waals surface area (Å²) in [4.78, 5) is 13.7. The fourth-order valence-electron chi connectivity index (χ4n) is 0.784. The lowest BCUT2D eigenvalue weighted by Gasteiger charge is -2.03. The van der Waals surface area contributed by atoms with E-state index >= 15 is 0 Å². The standard InChI is InChI=1S/C7H6F2N2O2/c8-5(9)4-1-3(7(12)13)2-11-6(4)10/h1-2,5H,(H2,10,11)(H,12,13). The van der Waals surface area contributed by atoms with E-state index in [0.29, 0.717) is 0 Å². The Balaban J connectivity index is 3.19. The Labute approximate surface area is 72.0 Å². The maximum absolute atomic E-state index is 12.2. The van der Waals surface area contributed by atoms with Gasteiger partial charge in [0.15, 0.2) is 0 Å². The molecule has 0 aliphatic carbocycles. The lowest BCUT2D eigenvalue weighted by molar-refractivity contribution is 0.0696. The van der Waals surface area contributed by atoms with Crippen molar-refractivity contribution < 1.29 is 18.7 Å².